The number of carbonyl (C=O) groups is 1. The maximum Gasteiger partial charge on any atom is 0.289 e. The Morgan fingerprint density at radius 2 is 1.65 bits per heavy atom. The molecule has 0 aliphatic rings. The second-order valence-corrected chi connectivity index (χ2v) is 4.47. The Labute approximate surface area is 116 Å². The largest absolute Gasteiger partial charge is 0.413 e. The van der Waals surface area contributed by atoms with Crippen molar-refractivity contribution in [3.05, 3.63) is 71.6 Å². The van der Waals surface area contributed by atoms with E-state index in [4.69, 9.17) is 4.42 Å². The molecule has 0 saturated heterocycles. The first-order chi connectivity index (χ1) is 9.74. The summed E-state index contributed by atoms with van der Waals surface area (Å²) in [5.74, 6) is 0.0903. The van der Waals surface area contributed by atoms with Gasteiger partial charge >= 0.3 is 0 Å². The molecular formula is C16H12N2O2. The molecule has 20 heavy (non-hydrogen) atoms. The average Bonchev–Trinajstić information content (AvgIpc) is 2.98. The van der Waals surface area contributed by atoms with Gasteiger partial charge in [-0.2, -0.15) is 0 Å². The van der Waals surface area contributed by atoms with Gasteiger partial charge in [0.25, 0.3) is 5.89 Å². The molecule has 0 amide bonds. The lowest BCUT2D eigenvalue weighted by Crippen LogP contribution is -2.00. The summed E-state index contributed by atoms with van der Waals surface area (Å²) in [6.45, 7) is 2.00. The summed E-state index contributed by atoms with van der Waals surface area (Å²) in [5, 5.41) is 7.75. The number of rotatable bonds is 3. The van der Waals surface area contributed by atoms with E-state index in [9.17, 15) is 4.79 Å². The maximum absolute atomic E-state index is 12.1. The summed E-state index contributed by atoms with van der Waals surface area (Å²) in [5.41, 5.74) is 2.48. The lowest BCUT2D eigenvalue weighted by molar-refractivity contribution is 0.100. The molecule has 0 bridgehead atoms. The van der Waals surface area contributed by atoms with Crippen molar-refractivity contribution >= 4 is 5.78 Å². The molecule has 3 aromatic rings. The number of aromatic nitrogens is 2. The molecule has 0 saturated carbocycles. The molecule has 4 heteroatoms. The minimum atomic E-state index is -0.267. The Kier molecular flexibility index (Phi) is 3.13. The molecule has 0 N–H and O–H groups in total. The van der Waals surface area contributed by atoms with Gasteiger partial charge in [0.05, 0.1) is 0 Å². The number of carbonyl (C=O) groups excluding carboxylic acids is 1. The third-order valence-electron chi connectivity index (χ3n) is 2.95. The SMILES string of the molecule is Cc1ccc(-c2nnc(C(=O)c3ccccc3)o2)cc1. The molecule has 0 radical (unpaired) electrons. The Morgan fingerprint density at radius 1 is 0.950 bits per heavy atom. The smallest absolute Gasteiger partial charge is 0.289 e. The molecule has 2 aromatic carbocycles. The van der Waals surface area contributed by atoms with Crippen molar-refractivity contribution in [3.8, 4) is 11.5 Å². The van der Waals surface area contributed by atoms with Crippen molar-refractivity contribution in [2.24, 2.45) is 0 Å². The van der Waals surface area contributed by atoms with Crippen LogP contribution in [0.4, 0.5) is 0 Å². The highest BCUT2D eigenvalue weighted by atomic mass is 16.4. The molecule has 3 rings (SSSR count). The van der Waals surface area contributed by atoms with Crippen LogP contribution in [0.5, 0.6) is 0 Å². The molecule has 0 fully saturated rings. The molecule has 0 aliphatic carbocycles. The van der Waals surface area contributed by atoms with Crippen molar-refractivity contribution in [2.75, 3.05) is 0 Å². The second-order valence-electron chi connectivity index (χ2n) is 4.47. The quantitative estimate of drug-likeness (QED) is 0.681. The Morgan fingerprint density at radius 3 is 2.35 bits per heavy atom. The predicted octanol–water partition coefficient (Wildman–Crippen LogP) is 3.28. The highest BCUT2D eigenvalue weighted by Crippen LogP contribution is 2.19. The van der Waals surface area contributed by atoms with Gasteiger partial charge in [0.1, 0.15) is 0 Å². The van der Waals surface area contributed by atoms with Crippen molar-refractivity contribution in [1.82, 2.24) is 10.2 Å². The Bertz CT molecular complexity index is 731. The van der Waals surface area contributed by atoms with Crippen molar-refractivity contribution in [2.45, 2.75) is 6.92 Å². The van der Waals surface area contributed by atoms with E-state index in [1.54, 1.807) is 24.3 Å². The van der Waals surface area contributed by atoms with Crippen LogP contribution in [0.15, 0.2) is 59.0 Å². The van der Waals surface area contributed by atoms with Gasteiger partial charge in [-0.3, -0.25) is 4.79 Å². The topological polar surface area (TPSA) is 56.0 Å². The first-order valence-electron chi connectivity index (χ1n) is 6.24. The lowest BCUT2D eigenvalue weighted by Gasteiger charge is -1.96. The van der Waals surface area contributed by atoms with Crippen LogP contribution in [0.3, 0.4) is 0 Å². The van der Waals surface area contributed by atoms with Gasteiger partial charge in [-0.05, 0) is 19.1 Å². The van der Waals surface area contributed by atoms with Crippen molar-refractivity contribution < 1.29 is 9.21 Å². The normalized spacial score (nSPS) is 10.4. The third kappa shape index (κ3) is 2.36. The summed E-state index contributed by atoms with van der Waals surface area (Å²) in [4.78, 5) is 12.1. The van der Waals surface area contributed by atoms with E-state index in [1.807, 2.05) is 37.3 Å². The Hall–Kier alpha value is -2.75. The fourth-order valence-electron chi connectivity index (χ4n) is 1.84. The van der Waals surface area contributed by atoms with Gasteiger partial charge in [-0.1, -0.05) is 48.0 Å². The van der Waals surface area contributed by atoms with Crippen molar-refractivity contribution in [1.29, 1.82) is 0 Å². The van der Waals surface area contributed by atoms with Crippen molar-refractivity contribution in [3.63, 3.8) is 0 Å². The number of benzene rings is 2. The number of hydrogen-bond acceptors (Lipinski definition) is 4. The predicted molar refractivity (Wildman–Crippen MR) is 74.3 cm³/mol. The monoisotopic (exact) mass is 264 g/mol. The number of ketones is 1. The minimum absolute atomic E-state index is 0.00627. The summed E-state index contributed by atoms with van der Waals surface area (Å²) >= 11 is 0. The molecule has 0 aliphatic heterocycles. The highest BCUT2D eigenvalue weighted by Gasteiger charge is 2.17. The van der Waals surface area contributed by atoms with Crippen LogP contribution in [0.25, 0.3) is 11.5 Å². The van der Waals surface area contributed by atoms with Crippen LogP contribution in [-0.2, 0) is 0 Å². The number of nitrogens with zero attached hydrogens (tertiary/aromatic N) is 2. The lowest BCUT2D eigenvalue weighted by atomic mass is 10.1. The third-order valence-corrected chi connectivity index (χ3v) is 2.95. The van der Waals surface area contributed by atoms with E-state index in [0.29, 0.717) is 11.5 Å². The van der Waals surface area contributed by atoms with Gasteiger partial charge in [-0.15, -0.1) is 10.2 Å². The summed E-state index contributed by atoms with van der Waals surface area (Å²) in [6, 6.07) is 16.6. The fourth-order valence-corrected chi connectivity index (χ4v) is 1.84. The van der Waals surface area contributed by atoms with E-state index in [0.717, 1.165) is 11.1 Å². The zero-order valence-electron chi connectivity index (χ0n) is 10.9. The number of hydrogen-bond donors (Lipinski definition) is 0. The second kappa shape index (κ2) is 5.09. The van der Waals surface area contributed by atoms with E-state index in [2.05, 4.69) is 10.2 Å². The maximum atomic E-state index is 12.1. The molecule has 98 valence electrons. The standard InChI is InChI=1S/C16H12N2O2/c1-11-7-9-13(10-8-11)15-17-18-16(20-15)14(19)12-5-3-2-4-6-12/h2-10H,1H3. The van der Waals surface area contributed by atoms with Crippen LogP contribution in [0.2, 0.25) is 0 Å². The number of aryl methyl sites for hydroxylation is 1. The molecule has 0 atom stereocenters. The van der Waals surface area contributed by atoms with Gasteiger partial charge < -0.3 is 4.42 Å². The van der Waals surface area contributed by atoms with E-state index in [1.165, 1.54) is 0 Å². The Balaban J connectivity index is 1.91. The molecular weight excluding hydrogens is 252 g/mol. The zero-order chi connectivity index (χ0) is 13.9. The van der Waals surface area contributed by atoms with Gasteiger partial charge in [0, 0.05) is 11.1 Å². The molecule has 1 heterocycles. The summed E-state index contributed by atoms with van der Waals surface area (Å²) in [7, 11) is 0. The van der Waals surface area contributed by atoms with Gasteiger partial charge in [0.2, 0.25) is 11.7 Å². The fraction of sp³-hybridized carbons (Fsp3) is 0.0625. The van der Waals surface area contributed by atoms with Crippen LogP contribution >= 0.6 is 0 Å². The van der Waals surface area contributed by atoms with E-state index >= 15 is 0 Å². The van der Waals surface area contributed by atoms with Crippen LogP contribution in [-0.4, -0.2) is 16.0 Å². The average molecular weight is 264 g/mol. The van der Waals surface area contributed by atoms with Crippen LogP contribution < -0.4 is 0 Å². The van der Waals surface area contributed by atoms with Crippen LogP contribution in [0.1, 0.15) is 21.8 Å². The minimum Gasteiger partial charge on any atom is -0.413 e. The first kappa shape index (κ1) is 12.3. The summed E-state index contributed by atoms with van der Waals surface area (Å²) < 4.78 is 5.45. The molecule has 1 aromatic heterocycles. The first-order valence-corrected chi connectivity index (χ1v) is 6.24. The highest BCUT2D eigenvalue weighted by molar-refractivity contribution is 6.05. The van der Waals surface area contributed by atoms with Crippen LogP contribution in [0, 0.1) is 6.92 Å². The van der Waals surface area contributed by atoms with Gasteiger partial charge in [0.15, 0.2) is 0 Å². The zero-order valence-corrected chi connectivity index (χ0v) is 10.9. The molecule has 0 unspecified atom stereocenters. The molecule has 4 nitrogen and oxygen atoms in total. The van der Waals surface area contributed by atoms with E-state index < -0.39 is 0 Å². The molecule has 0 spiro atoms. The summed E-state index contributed by atoms with van der Waals surface area (Å²) in [6.07, 6.45) is 0. The van der Waals surface area contributed by atoms with E-state index in [-0.39, 0.29) is 11.7 Å². The van der Waals surface area contributed by atoms with Gasteiger partial charge in [-0.25, -0.2) is 0 Å².